The molecule has 1 N–H and O–H groups in total. The monoisotopic (exact) mass is 417 g/mol. The lowest BCUT2D eigenvalue weighted by atomic mass is 9.92. The lowest BCUT2D eigenvalue weighted by molar-refractivity contribution is -0.155. The van der Waals surface area contributed by atoms with Crippen molar-refractivity contribution in [1.82, 2.24) is 4.98 Å². The maximum absolute atomic E-state index is 13.5. The van der Waals surface area contributed by atoms with E-state index >= 15 is 0 Å². The zero-order chi connectivity index (χ0) is 22.4. The number of nitriles is 1. The van der Waals surface area contributed by atoms with Gasteiger partial charge in [0, 0.05) is 11.6 Å². The largest absolute Gasteiger partial charge is 0.460 e. The summed E-state index contributed by atoms with van der Waals surface area (Å²) in [5, 5.41) is 12.1. The molecule has 1 aromatic heterocycles. The number of nitrogens with one attached hydrogen (secondary N) is 1. The van der Waals surface area contributed by atoms with Crippen LogP contribution in [0.2, 0.25) is 0 Å². The van der Waals surface area contributed by atoms with Crippen LogP contribution in [0, 0.1) is 17.1 Å². The third-order valence-corrected chi connectivity index (χ3v) is 4.48. The molecule has 0 saturated carbocycles. The van der Waals surface area contributed by atoms with Crippen molar-refractivity contribution in [3.05, 3.63) is 89.4 Å². The Morgan fingerprint density at radius 3 is 2.39 bits per heavy atom. The van der Waals surface area contributed by atoms with Crippen molar-refractivity contribution in [3.63, 3.8) is 0 Å². The van der Waals surface area contributed by atoms with Crippen molar-refractivity contribution >= 4 is 17.5 Å². The maximum atomic E-state index is 13.5. The summed E-state index contributed by atoms with van der Waals surface area (Å²) < 4.78 is 19.0. The summed E-state index contributed by atoms with van der Waals surface area (Å²) in [6.45, 7) is 5.45. The number of carbonyl (C=O) groups excluding carboxylic acids is 1. The van der Waals surface area contributed by atoms with E-state index in [4.69, 9.17) is 10.00 Å². The summed E-state index contributed by atoms with van der Waals surface area (Å²) in [6, 6.07) is 20.7. The van der Waals surface area contributed by atoms with Crippen LogP contribution >= 0.6 is 0 Å². The molecule has 0 fully saturated rings. The van der Waals surface area contributed by atoms with Crippen LogP contribution in [0.1, 0.15) is 49.9 Å². The first-order valence-electron chi connectivity index (χ1n) is 9.95. The molecule has 0 radical (unpaired) electrons. The van der Waals surface area contributed by atoms with E-state index in [1.54, 1.807) is 36.4 Å². The van der Waals surface area contributed by atoms with Gasteiger partial charge in [-0.15, -0.1) is 0 Å². The Hall–Kier alpha value is -3.72. The number of nitrogens with zero attached hydrogens (tertiary/aromatic N) is 2. The average molecular weight is 417 g/mol. The van der Waals surface area contributed by atoms with Gasteiger partial charge in [-0.3, -0.25) is 4.79 Å². The zero-order valence-electron chi connectivity index (χ0n) is 17.7. The van der Waals surface area contributed by atoms with Gasteiger partial charge >= 0.3 is 5.97 Å². The highest BCUT2D eigenvalue weighted by Crippen LogP contribution is 2.29. The van der Waals surface area contributed by atoms with Crippen LogP contribution in [0.15, 0.2) is 66.7 Å². The summed E-state index contributed by atoms with van der Waals surface area (Å²) in [5.74, 6) is -0.491. The number of pyridine rings is 1. The van der Waals surface area contributed by atoms with Crippen LogP contribution in [0.5, 0.6) is 0 Å². The molecule has 3 rings (SSSR count). The molecule has 3 aromatic rings. The molecule has 0 bridgehead atoms. The fourth-order valence-corrected chi connectivity index (χ4v) is 3.13. The summed E-state index contributed by atoms with van der Waals surface area (Å²) in [6.07, 6.45) is 0.0796. The van der Waals surface area contributed by atoms with E-state index in [-0.39, 0.29) is 18.2 Å². The SMILES string of the molecule is CC(C)(C)OC(=O)CC(c1ccc(F)cc1)c1cccc(Nc2ccc(C#N)cc2)n1. The summed E-state index contributed by atoms with van der Waals surface area (Å²) in [7, 11) is 0. The molecule has 0 spiro atoms. The fraction of sp³-hybridized carbons (Fsp3) is 0.240. The third-order valence-electron chi connectivity index (χ3n) is 4.48. The van der Waals surface area contributed by atoms with Gasteiger partial charge in [-0.2, -0.15) is 5.26 Å². The van der Waals surface area contributed by atoms with Crippen LogP contribution in [-0.4, -0.2) is 16.6 Å². The van der Waals surface area contributed by atoms with Crippen molar-refractivity contribution in [2.45, 2.75) is 38.7 Å². The van der Waals surface area contributed by atoms with E-state index in [0.29, 0.717) is 17.1 Å². The molecule has 0 amide bonds. The molecule has 1 heterocycles. The normalized spacial score (nSPS) is 12.0. The van der Waals surface area contributed by atoms with E-state index in [0.717, 1.165) is 11.3 Å². The van der Waals surface area contributed by atoms with Gasteiger partial charge in [0.2, 0.25) is 0 Å². The van der Waals surface area contributed by atoms with E-state index in [1.807, 2.05) is 39.0 Å². The topological polar surface area (TPSA) is 75.0 Å². The number of benzene rings is 2. The molecule has 2 aromatic carbocycles. The Kier molecular flexibility index (Phi) is 6.66. The first-order valence-corrected chi connectivity index (χ1v) is 9.95. The van der Waals surface area contributed by atoms with Gasteiger partial charge in [-0.05, 0) is 74.9 Å². The minimum atomic E-state index is -0.600. The van der Waals surface area contributed by atoms with Crippen molar-refractivity contribution in [3.8, 4) is 6.07 Å². The van der Waals surface area contributed by atoms with Gasteiger partial charge < -0.3 is 10.1 Å². The van der Waals surface area contributed by atoms with E-state index in [1.165, 1.54) is 12.1 Å². The standard InChI is InChI=1S/C25H24FN3O2/c1-25(2,3)31-24(30)15-21(18-9-11-19(26)12-10-18)22-5-4-6-23(29-22)28-20-13-7-17(16-27)8-14-20/h4-14,21H,15H2,1-3H3,(H,28,29). The van der Waals surface area contributed by atoms with Crippen LogP contribution < -0.4 is 5.32 Å². The molecule has 1 atom stereocenters. The van der Waals surface area contributed by atoms with Crippen molar-refractivity contribution in [2.24, 2.45) is 0 Å². The predicted octanol–water partition coefficient (Wildman–Crippen LogP) is 5.70. The molecular weight excluding hydrogens is 393 g/mol. The van der Waals surface area contributed by atoms with Crippen molar-refractivity contribution < 1.29 is 13.9 Å². The predicted molar refractivity (Wildman–Crippen MR) is 117 cm³/mol. The zero-order valence-corrected chi connectivity index (χ0v) is 17.7. The Morgan fingerprint density at radius 1 is 1.10 bits per heavy atom. The fourth-order valence-electron chi connectivity index (χ4n) is 3.13. The molecule has 158 valence electrons. The van der Waals surface area contributed by atoms with Crippen molar-refractivity contribution in [1.29, 1.82) is 5.26 Å². The molecule has 1 unspecified atom stereocenters. The second kappa shape index (κ2) is 9.40. The Balaban J connectivity index is 1.89. The number of halogens is 1. The second-order valence-electron chi connectivity index (χ2n) is 8.16. The highest BCUT2D eigenvalue weighted by molar-refractivity contribution is 5.72. The minimum Gasteiger partial charge on any atom is -0.460 e. The van der Waals surface area contributed by atoms with Gasteiger partial charge in [0.05, 0.1) is 23.7 Å². The number of hydrogen-bond donors (Lipinski definition) is 1. The lowest BCUT2D eigenvalue weighted by Crippen LogP contribution is -2.25. The van der Waals surface area contributed by atoms with E-state index in [2.05, 4.69) is 16.4 Å². The molecule has 5 nitrogen and oxygen atoms in total. The number of carbonyl (C=O) groups is 1. The smallest absolute Gasteiger partial charge is 0.307 e. The molecule has 31 heavy (non-hydrogen) atoms. The highest BCUT2D eigenvalue weighted by Gasteiger charge is 2.24. The number of anilines is 2. The second-order valence-corrected chi connectivity index (χ2v) is 8.16. The van der Waals surface area contributed by atoms with Crippen LogP contribution in [0.3, 0.4) is 0 Å². The third kappa shape index (κ3) is 6.38. The van der Waals surface area contributed by atoms with Gasteiger partial charge in [-0.1, -0.05) is 18.2 Å². The van der Waals surface area contributed by atoms with Gasteiger partial charge in [0.1, 0.15) is 17.2 Å². The average Bonchev–Trinajstić information content (AvgIpc) is 2.72. The van der Waals surface area contributed by atoms with Gasteiger partial charge in [0.25, 0.3) is 0 Å². The summed E-state index contributed by atoms with van der Waals surface area (Å²) in [4.78, 5) is 17.2. The number of hydrogen-bond acceptors (Lipinski definition) is 5. The molecule has 0 saturated heterocycles. The Morgan fingerprint density at radius 2 is 1.77 bits per heavy atom. The quantitative estimate of drug-likeness (QED) is 0.521. The highest BCUT2D eigenvalue weighted by atomic mass is 19.1. The summed E-state index contributed by atoms with van der Waals surface area (Å²) in [5.41, 5.74) is 2.19. The lowest BCUT2D eigenvalue weighted by Gasteiger charge is -2.23. The Labute approximate surface area is 181 Å². The van der Waals surface area contributed by atoms with E-state index in [9.17, 15) is 9.18 Å². The minimum absolute atomic E-state index is 0.0796. The molecule has 0 aliphatic rings. The molecule has 0 aliphatic heterocycles. The van der Waals surface area contributed by atoms with Gasteiger partial charge in [-0.25, -0.2) is 9.37 Å². The number of ether oxygens (including phenoxy) is 1. The maximum Gasteiger partial charge on any atom is 0.307 e. The summed E-state index contributed by atoms with van der Waals surface area (Å²) >= 11 is 0. The van der Waals surface area contributed by atoms with Crippen LogP contribution in [-0.2, 0) is 9.53 Å². The van der Waals surface area contributed by atoms with Gasteiger partial charge in [0.15, 0.2) is 0 Å². The molecule has 6 heteroatoms. The number of aromatic nitrogens is 1. The first kappa shape index (κ1) is 22.0. The molecular formula is C25H24FN3O2. The van der Waals surface area contributed by atoms with Crippen LogP contribution in [0.25, 0.3) is 0 Å². The Bertz CT molecular complexity index is 1080. The van der Waals surface area contributed by atoms with Crippen LogP contribution in [0.4, 0.5) is 15.9 Å². The van der Waals surface area contributed by atoms with Crippen molar-refractivity contribution in [2.75, 3.05) is 5.32 Å². The number of esters is 1. The first-order chi connectivity index (χ1) is 14.7. The molecule has 0 aliphatic carbocycles. The van der Waals surface area contributed by atoms with E-state index < -0.39 is 11.5 Å². The number of rotatable bonds is 6.